The summed E-state index contributed by atoms with van der Waals surface area (Å²) >= 11 is 7.65. The zero-order chi connectivity index (χ0) is 23.2. The minimum absolute atomic E-state index is 0.0716. The van der Waals surface area contributed by atoms with Crippen LogP contribution in [-0.2, 0) is 28.9 Å². The van der Waals surface area contributed by atoms with Gasteiger partial charge in [0.15, 0.2) is 0 Å². The predicted molar refractivity (Wildman–Crippen MR) is 133 cm³/mol. The van der Waals surface area contributed by atoms with E-state index in [1.54, 1.807) is 11.3 Å². The van der Waals surface area contributed by atoms with Crippen molar-refractivity contribution in [2.24, 2.45) is 0 Å². The van der Waals surface area contributed by atoms with Gasteiger partial charge in [-0.25, -0.2) is 4.79 Å². The Balaban J connectivity index is 1.34. The molecule has 2 aromatic rings. The number of amides is 1. The van der Waals surface area contributed by atoms with Gasteiger partial charge < -0.3 is 10.1 Å². The minimum atomic E-state index is -0.349. The molecule has 0 unspecified atom stereocenters. The van der Waals surface area contributed by atoms with Gasteiger partial charge in [-0.3, -0.25) is 14.6 Å². The summed E-state index contributed by atoms with van der Waals surface area (Å²) in [6.45, 7) is 4.66. The molecule has 1 aliphatic heterocycles. The van der Waals surface area contributed by atoms with Gasteiger partial charge in [-0.2, -0.15) is 0 Å². The molecule has 8 heteroatoms. The molecule has 1 saturated heterocycles. The van der Waals surface area contributed by atoms with Gasteiger partial charge in [-0.05, 0) is 48.9 Å². The number of methoxy groups -OCH3 is 1. The van der Waals surface area contributed by atoms with Crippen molar-refractivity contribution in [1.29, 1.82) is 0 Å². The van der Waals surface area contributed by atoms with Gasteiger partial charge in [0.05, 0.1) is 19.2 Å². The Bertz CT molecular complexity index is 985. The number of carbonyl (C=O) groups is 2. The van der Waals surface area contributed by atoms with Crippen molar-refractivity contribution < 1.29 is 14.3 Å². The van der Waals surface area contributed by atoms with Gasteiger partial charge in [-0.1, -0.05) is 36.6 Å². The van der Waals surface area contributed by atoms with Gasteiger partial charge in [0.2, 0.25) is 5.91 Å². The quantitative estimate of drug-likeness (QED) is 0.601. The number of esters is 1. The fourth-order valence-electron chi connectivity index (χ4n) is 4.69. The van der Waals surface area contributed by atoms with Crippen LogP contribution in [0.5, 0.6) is 0 Å². The summed E-state index contributed by atoms with van der Waals surface area (Å²) in [5.41, 5.74) is 2.85. The van der Waals surface area contributed by atoms with Crippen molar-refractivity contribution in [2.45, 2.75) is 45.1 Å². The van der Waals surface area contributed by atoms with Crippen LogP contribution in [0.4, 0.5) is 5.00 Å². The molecule has 1 aromatic carbocycles. The van der Waals surface area contributed by atoms with Crippen molar-refractivity contribution in [2.75, 3.05) is 45.2 Å². The number of nitrogens with one attached hydrogen (secondary N) is 1. The predicted octanol–water partition coefficient (Wildman–Crippen LogP) is 4.60. The van der Waals surface area contributed by atoms with E-state index in [9.17, 15) is 9.59 Å². The summed E-state index contributed by atoms with van der Waals surface area (Å²) in [6.07, 6.45) is 6.44. The molecule has 0 radical (unpaired) electrons. The monoisotopic (exact) mass is 489 g/mol. The highest BCUT2D eigenvalue weighted by molar-refractivity contribution is 7.17. The number of piperazine rings is 1. The smallest absolute Gasteiger partial charge is 0.341 e. The third-order valence-corrected chi connectivity index (χ3v) is 7.88. The third-order valence-electron chi connectivity index (χ3n) is 6.44. The van der Waals surface area contributed by atoms with E-state index in [0.29, 0.717) is 17.1 Å². The normalized spacial score (nSPS) is 17.6. The third kappa shape index (κ3) is 6.35. The Kier molecular flexibility index (Phi) is 8.41. The van der Waals surface area contributed by atoms with E-state index in [2.05, 4.69) is 21.2 Å². The van der Waals surface area contributed by atoms with Crippen LogP contribution in [0.1, 0.15) is 52.0 Å². The Hall–Kier alpha value is -1.93. The molecule has 2 heterocycles. The molecule has 1 fully saturated rings. The Morgan fingerprint density at radius 2 is 1.79 bits per heavy atom. The lowest BCUT2D eigenvalue weighted by molar-refractivity contribution is -0.117. The first-order valence-corrected chi connectivity index (χ1v) is 12.9. The zero-order valence-corrected chi connectivity index (χ0v) is 20.8. The highest BCUT2D eigenvalue weighted by Gasteiger charge is 2.27. The van der Waals surface area contributed by atoms with Crippen molar-refractivity contribution in [1.82, 2.24) is 9.80 Å². The van der Waals surface area contributed by atoms with Crippen LogP contribution in [-0.4, -0.2) is 61.5 Å². The van der Waals surface area contributed by atoms with Crippen molar-refractivity contribution in [3.63, 3.8) is 0 Å². The highest BCUT2D eigenvalue weighted by Crippen LogP contribution is 2.37. The number of nitrogens with zero attached hydrogens (tertiary/aromatic N) is 2. The van der Waals surface area contributed by atoms with Crippen LogP contribution in [0.25, 0.3) is 0 Å². The van der Waals surface area contributed by atoms with Gasteiger partial charge in [0.25, 0.3) is 0 Å². The first-order valence-electron chi connectivity index (χ1n) is 11.8. The zero-order valence-electron chi connectivity index (χ0n) is 19.2. The molecule has 4 rings (SSSR count). The van der Waals surface area contributed by atoms with E-state index in [1.807, 2.05) is 18.2 Å². The Labute approximate surface area is 204 Å². The average molecular weight is 490 g/mol. The number of anilines is 1. The van der Waals surface area contributed by atoms with Crippen LogP contribution in [0, 0.1) is 0 Å². The van der Waals surface area contributed by atoms with Gasteiger partial charge in [0.1, 0.15) is 5.00 Å². The summed E-state index contributed by atoms with van der Waals surface area (Å²) in [4.78, 5) is 31.2. The first-order chi connectivity index (χ1) is 16.0. The molecule has 6 nitrogen and oxygen atoms in total. The minimum Gasteiger partial charge on any atom is -0.465 e. The molecule has 1 N–H and O–H groups in total. The van der Waals surface area contributed by atoms with Crippen LogP contribution in [0.2, 0.25) is 5.02 Å². The lowest BCUT2D eigenvalue weighted by Gasteiger charge is -2.34. The van der Waals surface area contributed by atoms with Crippen LogP contribution < -0.4 is 5.32 Å². The maximum absolute atomic E-state index is 12.9. The standard InChI is InChI=1S/C25H32ClN3O3S/c1-32-25(31)23-20-9-4-2-3-5-10-21(20)33-24(23)27-22(30)17-29-13-11-28(12-14-29)16-18-7-6-8-19(26)15-18/h6-8,15H,2-5,9-14,16-17H2,1H3,(H,27,30). The number of hydrogen-bond donors (Lipinski definition) is 1. The number of aryl methyl sites for hydroxylation is 1. The molecular weight excluding hydrogens is 458 g/mol. The molecule has 0 saturated carbocycles. The average Bonchev–Trinajstić information content (AvgIpc) is 3.10. The summed E-state index contributed by atoms with van der Waals surface area (Å²) < 4.78 is 5.07. The number of ether oxygens (including phenoxy) is 1. The molecule has 0 atom stereocenters. The largest absolute Gasteiger partial charge is 0.465 e. The molecule has 1 aromatic heterocycles. The Morgan fingerprint density at radius 3 is 2.52 bits per heavy atom. The maximum Gasteiger partial charge on any atom is 0.341 e. The lowest BCUT2D eigenvalue weighted by atomic mass is 9.96. The van der Waals surface area contributed by atoms with Gasteiger partial charge >= 0.3 is 5.97 Å². The molecule has 1 amide bonds. The van der Waals surface area contributed by atoms with E-state index >= 15 is 0 Å². The summed E-state index contributed by atoms with van der Waals surface area (Å²) in [5, 5.41) is 4.45. The number of fused-ring (bicyclic) bond motifs is 1. The van der Waals surface area contributed by atoms with Crippen LogP contribution in [0.3, 0.4) is 0 Å². The highest BCUT2D eigenvalue weighted by atomic mass is 35.5. The molecule has 0 bridgehead atoms. The Morgan fingerprint density at radius 1 is 1.06 bits per heavy atom. The fourth-order valence-corrected chi connectivity index (χ4v) is 6.20. The number of benzene rings is 1. The van der Waals surface area contributed by atoms with Crippen LogP contribution in [0.15, 0.2) is 24.3 Å². The maximum atomic E-state index is 12.9. The number of carbonyl (C=O) groups excluding carboxylic acids is 2. The van der Waals surface area contributed by atoms with Crippen LogP contribution >= 0.6 is 22.9 Å². The molecule has 1 aliphatic carbocycles. The van der Waals surface area contributed by atoms with Gasteiger partial charge in [-0.15, -0.1) is 11.3 Å². The number of rotatable bonds is 6. The number of hydrogen-bond acceptors (Lipinski definition) is 6. The van der Waals surface area contributed by atoms with E-state index in [4.69, 9.17) is 16.3 Å². The number of halogens is 1. The second-order valence-electron chi connectivity index (χ2n) is 8.84. The van der Waals surface area contributed by atoms with Gasteiger partial charge in [0, 0.05) is 42.6 Å². The summed E-state index contributed by atoms with van der Waals surface area (Å²) in [5.74, 6) is -0.421. The second kappa shape index (κ2) is 11.5. The van der Waals surface area contributed by atoms with Crippen molar-refractivity contribution in [3.8, 4) is 0 Å². The molecular formula is C25H32ClN3O3S. The molecule has 0 spiro atoms. The topological polar surface area (TPSA) is 61.9 Å². The SMILES string of the molecule is COC(=O)c1c(NC(=O)CN2CCN(Cc3cccc(Cl)c3)CC2)sc2c1CCCCCC2. The molecule has 33 heavy (non-hydrogen) atoms. The summed E-state index contributed by atoms with van der Waals surface area (Å²) in [6, 6.07) is 7.97. The van der Waals surface area contributed by atoms with E-state index < -0.39 is 0 Å². The van der Waals surface area contributed by atoms with Crippen molar-refractivity contribution >= 4 is 39.8 Å². The fraction of sp³-hybridized carbons (Fsp3) is 0.520. The first kappa shape index (κ1) is 24.2. The lowest BCUT2D eigenvalue weighted by Crippen LogP contribution is -2.48. The molecule has 178 valence electrons. The summed E-state index contributed by atoms with van der Waals surface area (Å²) in [7, 11) is 1.41. The molecule has 2 aliphatic rings. The van der Waals surface area contributed by atoms with Crippen molar-refractivity contribution in [3.05, 3.63) is 50.9 Å². The van der Waals surface area contributed by atoms with E-state index in [1.165, 1.54) is 30.4 Å². The second-order valence-corrected chi connectivity index (χ2v) is 10.4. The van der Waals surface area contributed by atoms with E-state index in [-0.39, 0.29) is 11.9 Å². The van der Waals surface area contributed by atoms with E-state index in [0.717, 1.165) is 69.0 Å². The number of thiophene rings is 1.